The zero-order chi connectivity index (χ0) is 15.9. The lowest BCUT2D eigenvalue weighted by atomic mass is 10.1. The van der Waals surface area contributed by atoms with Gasteiger partial charge in [0.1, 0.15) is 11.6 Å². The minimum atomic E-state index is -1.50. The number of aryl methyl sites for hydroxylation is 1. The van der Waals surface area contributed by atoms with Crippen molar-refractivity contribution < 1.29 is 19.4 Å². The minimum Gasteiger partial charge on any atom is -0.508 e. The molecule has 0 unspecified atom stereocenters. The van der Waals surface area contributed by atoms with Crippen LogP contribution in [-0.4, -0.2) is 22.7 Å². The standard InChI is InChI=1S/C17H18FNO3/c18-15-6-2-1-5-14(15)16(21)17(22)19-11-3-4-12-7-9-13(20)10-8-12/h1-2,5-10,16,20-21H,3-4,11H2,(H,19,22)/t16-/m1/s1. The van der Waals surface area contributed by atoms with E-state index in [4.69, 9.17) is 0 Å². The summed E-state index contributed by atoms with van der Waals surface area (Å²) < 4.78 is 13.5. The van der Waals surface area contributed by atoms with Gasteiger partial charge in [-0.25, -0.2) is 4.39 Å². The molecule has 5 heteroatoms. The Labute approximate surface area is 128 Å². The number of aliphatic hydroxyl groups excluding tert-OH is 1. The van der Waals surface area contributed by atoms with Crippen LogP contribution in [0, 0.1) is 5.82 Å². The largest absolute Gasteiger partial charge is 0.508 e. The molecule has 0 fully saturated rings. The highest BCUT2D eigenvalue weighted by Gasteiger charge is 2.19. The molecule has 116 valence electrons. The maximum Gasteiger partial charge on any atom is 0.253 e. The van der Waals surface area contributed by atoms with E-state index >= 15 is 0 Å². The Hall–Kier alpha value is -2.40. The summed E-state index contributed by atoms with van der Waals surface area (Å²) in [6.07, 6.45) is -0.0912. The molecule has 0 aliphatic rings. The molecular formula is C17H18FNO3. The molecule has 0 saturated heterocycles. The summed E-state index contributed by atoms with van der Waals surface area (Å²) in [6.45, 7) is 0.380. The van der Waals surface area contributed by atoms with E-state index < -0.39 is 17.8 Å². The van der Waals surface area contributed by atoms with Crippen LogP contribution in [0.25, 0.3) is 0 Å². The Bertz CT molecular complexity index is 628. The van der Waals surface area contributed by atoms with Crippen LogP contribution in [0.1, 0.15) is 23.7 Å². The van der Waals surface area contributed by atoms with Crippen LogP contribution in [0.3, 0.4) is 0 Å². The van der Waals surface area contributed by atoms with Crippen LogP contribution in [0.15, 0.2) is 48.5 Å². The summed E-state index contributed by atoms with van der Waals surface area (Å²) in [5.74, 6) is -1.00. The molecule has 0 saturated carbocycles. The highest BCUT2D eigenvalue weighted by Crippen LogP contribution is 2.16. The van der Waals surface area contributed by atoms with E-state index in [9.17, 15) is 19.4 Å². The average Bonchev–Trinajstić information content (AvgIpc) is 2.53. The highest BCUT2D eigenvalue weighted by atomic mass is 19.1. The SMILES string of the molecule is O=C(NCCCc1ccc(O)cc1)[C@H](O)c1ccccc1F. The van der Waals surface area contributed by atoms with Gasteiger partial charge < -0.3 is 15.5 Å². The van der Waals surface area contributed by atoms with Crippen molar-refractivity contribution in [3.8, 4) is 5.75 Å². The van der Waals surface area contributed by atoms with Crippen molar-refractivity contribution in [1.82, 2.24) is 5.32 Å². The van der Waals surface area contributed by atoms with E-state index in [1.807, 2.05) is 12.1 Å². The topological polar surface area (TPSA) is 69.6 Å². The number of carbonyl (C=O) groups is 1. The summed E-state index contributed by atoms with van der Waals surface area (Å²) in [4.78, 5) is 11.8. The van der Waals surface area contributed by atoms with Crippen molar-refractivity contribution in [2.45, 2.75) is 18.9 Å². The molecule has 0 aliphatic heterocycles. The van der Waals surface area contributed by atoms with Gasteiger partial charge in [0.25, 0.3) is 5.91 Å². The zero-order valence-electron chi connectivity index (χ0n) is 12.0. The van der Waals surface area contributed by atoms with Gasteiger partial charge in [-0.1, -0.05) is 30.3 Å². The first-order valence-corrected chi connectivity index (χ1v) is 7.06. The van der Waals surface area contributed by atoms with Crippen molar-refractivity contribution in [3.05, 3.63) is 65.5 Å². The molecule has 2 rings (SSSR count). The predicted molar refractivity (Wildman–Crippen MR) is 80.8 cm³/mol. The predicted octanol–water partition coefficient (Wildman–Crippen LogP) is 2.31. The van der Waals surface area contributed by atoms with Gasteiger partial charge in [-0.2, -0.15) is 0 Å². The number of hydrogen-bond acceptors (Lipinski definition) is 3. The average molecular weight is 303 g/mol. The van der Waals surface area contributed by atoms with E-state index in [0.717, 1.165) is 12.0 Å². The van der Waals surface area contributed by atoms with Crippen LogP contribution < -0.4 is 5.32 Å². The molecule has 0 heterocycles. The van der Waals surface area contributed by atoms with Crippen LogP contribution in [0.2, 0.25) is 0 Å². The maximum atomic E-state index is 13.5. The van der Waals surface area contributed by atoms with Gasteiger partial charge in [0, 0.05) is 12.1 Å². The van der Waals surface area contributed by atoms with Crippen molar-refractivity contribution >= 4 is 5.91 Å². The van der Waals surface area contributed by atoms with Crippen LogP contribution in [0.4, 0.5) is 4.39 Å². The highest BCUT2D eigenvalue weighted by molar-refractivity contribution is 5.81. The Kier molecular flexibility index (Phi) is 5.49. The number of hydrogen-bond donors (Lipinski definition) is 3. The molecule has 22 heavy (non-hydrogen) atoms. The molecule has 0 aliphatic carbocycles. The Morgan fingerprint density at radius 2 is 1.82 bits per heavy atom. The van der Waals surface area contributed by atoms with Crippen LogP contribution >= 0.6 is 0 Å². The number of nitrogens with one attached hydrogen (secondary N) is 1. The molecule has 1 amide bonds. The zero-order valence-corrected chi connectivity index (χ0v) is 12.0. The molecule has 1 atom stereocenters. The first-order chi connectivity index (χ1) is 10.6. The number of aliphatic hydroxyl groups is 1. The lowest BCUT2D eigenvalue weighted by Crippen LogP contribution is -2.30. The Morgan fingerprint density at radius 1 is 1.14 bits per heavy atom. The maximum absolute atomic E-state index is 13.5. The molecule has 2 aromatic rings. The summed E-state index contributed by atoms with van der Waals surface area (Å²) in [6, 6.07) is 12.5. The number of halogens is 1. The van der Waals surface area contributed by atoms with Crippen molar-refractivity contribution in [3.63, 3.8) is 0 Å². The second-order valence-electron chi connectivity index (χ2n) is 4.99. The Morgan fingerprint density at radius 3 is 2.50 bits per heavy atom. The van der Waals surface area contributed by atoms with Crippen LogP contribution in [0.5, 0.6) is 5.75 Å². The molecule has 4 nitrogen and oxygen atoms in total. The smallest absolute Gasteiger partial charge is 0.253 e. The number of benzene rings is 2. The van der Waals surface area contributed by atoms with Gasteiger partial charge in [0.15, 0.2) is 6.10 Å². The third-order valence-corrected chi connectivity index (χ3v) is 3.33. The van der Waals surface area contributed by atoms with Gasteiger partial charge in [0.2, 0.25) is 0 Å². The summed E-state index contributed by atoms with van der Waals surface area (Å²) in [7, 11) is 0. The van der Waals surface area contributed by atoms with E-state index in [-0.39, 0.29) is 11.3 Å². The molecule has 3 N–H and O–H groups in total. The van der Waals surface area contributed by atoms with Gasteiger partial charge in [-0.15, -0.1) is 0 Å². The number of carbonyl (C=O) groups excluding carboxylic acids is 1. The first-order valence-electron chi connectivity index (χ1n) is 7.06. The van der Waals surface area contributed by atoms with E-state index in [1.165, 1.54) is 18.2 Å². The molecule has 0 spiro atoms. The second kappa shape index (κ2) is 7.56. The number of aromatic hydroxyl groups is 1. The fraction of sp³-hybridized carbons (Fsp3) is 0.235. The van der Waals surface area contributed by atoms with Crippen molar-refractivity contribution in [2.75, 3.05) is 6.54 Å². The quantitative estimate of drug-likeness (QED) is 0.717. The van der Waals surface area contributed by atoms with Gasteiger partial charge in [-0.3, -0.25) is 4.79 Å². The molecular weight excluding hydrogens is 285 g/mol. The molecule has 2 aromatic carbocycles. The molecule has 0 radical (unpaired) electrons. The monoisotopic (exact) mass is 303 g/mol. The van der Waals surface area contributed by atoms with Gasteiger partial charge >= 0.3 is 0 Å². The lowest BCUT2D eigenvalue weighted by Gasteiger charge is -2.12. The number of phenols is 1. The second-order valence-corrected chi connectivity index (χ2v) is 4.99. The van der Waals surface area contributed by atoms with E-state index in [2.05, 4.69) is 5.32 Å². The molecule has 0 aromatic heterocycles. The summed E-state index contributed by atoms with van der Waals surface area (Å²) in [5, 5.41) is 21.6. The number of rotatable bonds is 6. The summed E-state index contributed by atoms with van der Waals surface area (Å²) in [5.41, 5.74) is 1.01. The number of amides is 1. The van der Waals surface area contributed by atoms with E-state index in [1.54, 1.807) is 18.2 Å². The normalized spacial score (nSPS) is 11.9. The number of phenolic OH excluding ortho intramolecular Hbond substituents is 1. The van der Waals surface area contributed by atoms with Crippen LogP contribution in [-0.2, 0) is 11.2 Å². The summed E-state index contributed by atoms with van der Waals surface area (Å²) >= 11 is 0. The minimum absolute atomic E-state index is 0.0291. The fourth-order valence-electron chi connectivity index (χ4n) is 2.10. The van der Waals surface area contributed by atoms with Gasteiger partial charge in [-0.05, 0) is 36.6 Å². The first kappa shape index (κ1) is 16.0. The fourth-order valence-corrected chi connectivity index (χ4v) is 2.10. The Balaban J connectivity index is 1.78. The van der Waals surface area contributed by atoms with Gasteiger partial charge in [0.05, 0.1) is 0 Å². The lowest BCUT2D eigenvalue weighted by molar-refractivity contribution is -0.129. The third kappa shape index (κ3) is 4.30. The van der Waals surface area contributed by atoms with Crippen molar-refractivity contribution in [2.24, 2.45) is 0 Å². The van der Waals surface area contributed by atoms with Crippen molar-refractivity contribution in [1.29, 1.82) is 0 Å². The van der Waals surface area contributed by atoms with E-state index in [0.29, 0.717) is 13.0 Å². The third-order valence-electron chi connectivity index (χ3n) is 3.33. The molecule has 0 bridgehead atoms.